The van der Waals surface area contributed by atoms with Gasteiger partial charge in [-0.2, -0.15) is 0 Å². The molecule has 0 bridgehead atoms. The number of nitrogens with zero attached hydrogens (tertiary/aromatic N) is 2. The molecule has 0 aliphatic carbocycles. The van der Waals surface area contributed by atoms with Gasteiger partial charge in [0.05, 0.1) is 12.7 Å². The second-order valence-corrected chi connectivity index (χ2v) is 5.94. The molecule has 2 aliphatic heterocycles. The lowest BCUT2D eigenvalue weighted by Gasteiger charge is -2.29. The van der Waals surface area contributed by atoms with E-state index in [-0.39, 0.29) is 18.1 Å². The molecule has 2 aliphatic rings. The lowest BCUT2D eigenvalue weighted by Crippen LogP contribution is -2.55. The molecule has 0 radical (unpaired) electrons. The van der Waals surface area contributed by atoms with Crippen molar-refractivity contribution in [2.75, 3.05) is 31.1 Å². The predicted molar refractivity (Wildman–Crippen MR) is 84.7 cm³/mol. The molecule has 6 heteroatoms. The molecule has 0 spiro atoms. The molecule has 3 heterocycles. The minimum Gasteiger partial charge on any atom is -0.375 e. The minimum atomic E-state index is -0.270. The fraction of sp³-hybridized carbons (Fsp3) is 0.625. The predicted octanol–water partition coefficient (Wildman–Crippen LogP) is 0.675. The van der Waals surface area contributed by atoms with E-state index in [0.717, 1.165) is 31.0 Å². The molecule has 2 saturated heterocycles. The fourth-order valence-electron chi connectivity index (χ4n) is 3.02. The molecule has 3 rings (SSSR count). The number of rotatable bonds is 4. The Morgan fingerprint density at radius 3 is 3.09 bits per heavy atom. The van der Waals surface area contributed by atoms with Gasteiger partial charge in [0.25, 0.3) is 0 Å². The smallest absolute Gasteiger partial charge is 0.240 e. The molecular weight excluding hydrogens is 280 g/mol. The summed E-state index contributed by atoms with van der Waals surface area (Å²) in [5.74, 6) is 1.00. The van der Waals surface area contributed by atoms with Crippen molar-refractivity contribution in [3.05, 3.63) is 23.9 Å². The van der Waals surface area contributed by atoms with Gasteiger partial charge in [0.2, 0.25) is 5.91 Å². The van der Waals surface area contributed by atoms with E-state index >= 15 is 0 Å². The van der Waals surface area contributed by atoms with Crippen LogP contribution in [0.2, 0.25) is 0 Å². The number of amides is 1. The van der Waals surface area contributed by atoms with Crippen LogP contribution in [0.4, 0.5) is 5.82 Å². The van der Waals surface area contributed by atoms with Crippen molar-refractivity contribution >= 4 is 11.7 Å². The first kappa shape index (κ1) is 15.2. The largest absolute Gasteiger partial charge is 0.375 e. The van der Waals surface area contributed by atoms with Crippen LogP contribution in [-0.4, -0.2) is 49.3 Å². The molecule has 2 N–H and O–H groups in total. The molecule has 0 saturated carbocycles. The molecule has 0 aromatic carbocycles. The number of morpholine rings is 1. The summed E-state index contributed by atoms with van der Waals surface area (Å²) in [5, 5.41) is 6.19. The second-order valence-electron chi connectivity index (χ2n) is 5.94. The molecule has 1 amide bonds. The van der Waals surface area contributed by atoms with E-state index in [2.05, 4.69) is 26.6 Å². The Bertz CT molecular complexity index is 517. The maximum atomic E-state index is 12.2. The van der Waals surface area contributed by atoms with Crippen molar-refractivity contribution in [3.8, 4) is 0 Å². The average Bonchev–Trinajstić information content (AvgIpc) is 3.08. The molecule has 120 valence electrons. The van der Waals surface area contributed by atoms with Gasteiger partial charge in [-0.1, -0.05) is 0 Å². The lowest BCUT2D eigenvalue weighted by molar-refractivity contribution is -0.129. The zero-order valence-electron chi connectivity index (χ0n) is 13.0. The van der Waals surface area contributed by atoms with Gasteiger partial charge in [-0.15, -0.1) is 0 Å². The number of aromatic nitrogens is 1. The fourth-order valence-corrected chi connectivity index (χ4v) is 3.02. The summed E-state index contributed by atoms with van der Waals surface area (Å²) in [6.07, 6.45) is 4.19. The highest BCUT2D eigenvalue weighted by Gasteiger charge is 2.27. The number of anilines is 1. The Balaban J connectivity index is 1.56. The minimum absolute atomic E-state index is 0.00765. The summed E-state index contributed by atoms with van der Waals surface area (Å²) in [6.45, 7) is 5.97. The summed E-state index contributed by atoms with van der Waals surface area (Å²) in [6, 6.07) is 3.75. The Labute approximate surface area is 131 Å². The van der Waals surface area contributed by atoms with Crippen molar-refractivity contribution in [2.45, 2.75) is 38.5 Å². The topological polar surface area (TPSA) is 66.5 Å². The SMILES string of the molecule is C[C@H]1OCCN[C@@H]1C(=O)NCc1ccnc(N2CCCC2)c1. The molecule has 2 atom stereocenters. The van der Waals surface area contributed by atoms with Crippen molar-refractivity contribution in [3.63, 3.8) is 0 Å². The van der Waals surface area contributed by atoms with Crippen LogP contribution in [0.5, 0.6) is 0 Å². The molecule has 22 heavy (non-hydrogen) atoms. The van der Waals surface area contributed by atoms with Gasteiger partial charge in [0, 0.05) is 32.4 Å². The first-order chi connectivity index (χ1) is 10.7. The monoisotopic (exact) mass is 304 g/mol. The summed E-state index contributed by atoms with van der Waals surface area (Å²) in [7, 11) is 0. The number of hydrogen-bond donors (Lipinski definition) is 2. The molecule has 1 aromatic heterocycles. The van der Waals surface area contributed by atoms with Crippen molar-refractivity contribution in [1.82, 2.24) is 15.6 Å². The Hall–Kier alpha value is -1.66. The van der Waals surface area contributed by atoms with Crippen molar-refractivity contribution < 1.29 is 9.53 Å². The maximum absolute atomic E-state index is 12.2. The number of pyridine rings is 1. The zero-order valence-corrected chi connectivity index (χ0v) is 13.0. The molecule has 0 unspecified atom stereocenters. The first-order valence-corrected chi connectivity index (χ1v) is 8.06. The standard InChI is InChI=1S/C16H24N4O2/c1-12-15(18-6-9-22-12)16(21)19-11-13-4-5-17-14(10-13)20-7-2-3-8-20/h4-5,10,12,15,18H,2-3,6-9,11H2,1H3,(H,19,21)/t12-,15+/m1/s1. The van der Waals surface area contributed by atoms with Crippen LogP contribution in [0.25, 0.3) is 0 Å². The third kappa shape index (κ3) is 3.56. The van der Waals surface area contributed by atoms with E-state index < -0.39 is 0 Å². The van der Waals surface area contributed by atoms with Gasteiger partial charge < -0.3 is 20.3 Å². The van der Waals surface area contributed by atoms with Gasteiger partial charge in [-0.05, 0) is 37.5 Å². The van der Waals surface area contributed by atoms with Crippen LogP contribution >= 0.6 is 0 Å². The van der Waals surface area contributed by atoms with Crippen molar-refractivity contribution in [2.24, 2.45) is 0 Å². The Kier molecular flexibility index (Phi) is 4.90. The second kappa shape index (κ2) is 7.07. The normalized spacial score (nSPS) is 25.2. The van der Waals surface area contributed by atoms with E-state index in [1.807, 2.05) is 19.2 Å². The van der Waals surface area contributed by atoms with Gasteiger partial charge in [-0.3, -0.25) is 4.79 Å². The highest BCUT2D eigenvalue weighted by Crippen LogP contribution is 2.18. The van der Waals surface area contributed by atoms with Crippen LogP contribution in [0.3, 0.4) is 0 Å². The first-order valence-electron chi connectivity index (χ1n) is 8.06. The van der Waals surface area contributed by atoms with Crippen LogP contribution in [0, 0.1) is 0 Å². The van der Waals surface area contributed by atoms with Gasteiger partial charge in [-0.25, -0.2) is 4.98 Å². The zero-order chi connectivity index (χ0) is 15.4. The van der Waals surface area contributed by atoms with Crippen LogP contribution in [0.1, 0.15) is 25.3 Å². The number of nitrogens with one attached hydrogen (secondary N) is 2. The van der Waals surface area contributed by atoms with E-state index in [0.29, 0.717) is 13.2 Å². The van der Waals surface area contributed by atoms with Crippen LogP contribution in [-0.2, 0) is 16.1 Å². The van der Waals surface area contributed by atoms with E-state index in [1.54, 1.807) is 0 Å². The quantitative estimate of drug-likeness (QED) is 0.856. The van der Waals surface area contributed by atoms with Crippen molar-refractivity contribution in [1.29, 1.82) is 0 Å². The Morgan fingerprint density at radius 1 is 1.50 bits per heavy atom. The summed E-state index contributed by atoms with van der Waals surface area (Å²) >= 11 is 0. The van der Waals surface area contributed by atoms with Crippen LogP contribution in [0.15, 0.2) is 18.3 Å². The highest BCUT2D eigenvalue weighted by molar-refractivity contribution is 5.82. The molecular formula is C16H24N4O2. The summed E-state index contributed by atoms with van der Waals surface area (Å²) in [5.41, 5.74) is 1.08. The number of carbonyl (C=O) groups is 1. The lowest BCUT2D eigenvalue weighted by atomic mass is 10.1. The molecule has 1 aromatic rings. The Morgan fingerprint density at radius 2 is 2.32 bits per heavy atom. The van der Waals surface area contributed by atoms with Gasteiger partial charge in [0.1, 0.15) is 11.9 Å². The number of hydrogen-bond acceptors (Lipinski definition) is 5. The molecule has 2 fully saturated rings. The number of carbonyl (C=O) groups excluding carboxylic acids is 1. The van der Waals surface area contributed by atoms with E-state index in [4.69, 9.17) is 4.74 Å². The van der Waals surface area contributed by atoms with Crippen LogP contribution < -0.4 is 15.5 Å². The molecule has 6 nitrogen and oxygen atoms in total. The summed E-state index contributed by atoms with van der Waals surface area (Å²) in [4.78, 5) is 19.0. The van der Waals surface area contributed by atoms with Gasteiger partial charge in [0.15, 0.2) is 0 Å². The third-order valence-corrected chi connectivity index (χ3v) is 4.31. The maximum Gasteiger partial charge on any atom is 0.240 e. The summed E-state index contributed by atoms with van der Waals surface area (Å²) < 4.78 is 5.51. The van der Waals surface area contributed by atoms with E-state index in [9.17, 15) is 4.79 Å². The highest BCUT2D eigenvalue weighted by atomic mass is 16.5. The average molecular weight is 304 g/mol. The third-order valence-electron chi connectivity index (χ3n) is 4.31. The van der Waals surface area contributed by atoms with Gasteiger partial charge >= 0.3 is 0 Å². The number of ether oxygens (including phenoxy) is 1. The van der Waals surface area contributed by atoms with E-state index in [1.165, 1.54) is 12.8 Å².